The maximum absolute atomic E-state index is 12.8. The van der Waals surface area contributed by atoms with E-state index in [4.69, 9.17) is 0 Å². The van der Waals surface area contributed by atoms with Crippen LogP contribution >= 0.6 is 0 Å². The van der Waals surface area contributed by atoms with Crippen LogP contribution in [0.2, 0.25) is 0 Å². The Morgan fingerprint density at radius 2 is 1.96 bits per heavy atom. The molecule has 0 atom stereocenters. The van der Waals surface area contributed by atoms with E-state index >= 15 is 0 Å². The van der Waals surface area contributed by atoms with Gasteiger partial charge in [0.1, 0.15) is 17.5 Å². The Kier molecular flexibility index (Phi) is 5.74. The summed E-state index contributed by atoms with van der Waals surface area (Å²) in [6.07, 6.45) is 5.73. The molecule has 0 aliphatic heterocycles. The third kappa shape index (κ3) is 4.27. The van der Waals surface area contributed by atoms with Gasteiger partial charge in [-0.15, -0.1) is 0 Å². The quantitative estimate of drug-likeness (QED) is 0.652. The van der Waals surface area contributed by atoms with Crippen LogP contribution < -0.4 is 16.2 Å². The lowest BCUT2D eigenvalue weighted by atomic mass is 10.1. The number of pyridine rings is 3. The minimum Gasteiger partial charge on any atom is -0.367 e. The van der Waals surface area contributed by atoms with Gasteiger partial charge in [-0.1, -0.05) is 13.3 Å². The molecule has 2 N–H and O–H groups in total. The highest BCUT2D eigenvalue weighted by atomic mass is 16.1. The Morgan fingerprint density at radius 1 is 1.15 bits per heavy atom. The molecular formula is C21H27N5O. The molecule has 27 heavy (non-hydrogen) atoms. The van der Waals surface area contributed by atoms with Crippen molar-refractivity contribution in [1.29, 1.82) is 0 Å². The Hall–Kier alpha value is -2.89. The van der Waals surface area contributed by atoms with Gasteiger partial charge in [0.2, 0.25) is 0 Å². The molecule has 0 radical (unpaired) electrons. The monoisotopic (exact) mass is 365 g/mol. The smallest absolute Gasteiger partial charge is 0.262 e. The maximum Gasteiger partial charge on any atom is 0.262 e. The lowest BCUT2D eigenvalue weighted by Gasteiger charge is -2.15. The molecule has 142 valence electrons. The molecule has 0 saturated carbocycles. The van der Waals surface area contributed by atoms with Crippen molar-refractivity contribution in [1.82, 2.24) is 14.5 Å². The van der Waals surface area contributed by atoms with Crippen LogP contribution in [-0.4, -0.2) is 20.6 Å². The molecule has 6 nitrogen and oxygen atoms in total. The van der Waals surface area contributed by atoms with Gasteiger partial charge in [-0.2, -0.15) is 0 Å². The largest absolute Gasteiger partial charge is 0.367 e. The summed E-state index contributed by atoms with van der Waals surface area (Å²) in [5, 5.41) is 8.07. The van der Waals surface area contributed by atoms with Crippen molar-refractivity contribution in [2.24, 2.45) is 0 Å². The molecule has 3 heterocycles. The van der Waals surface area contributed by atoms with Crippen molar-refractivity contribution < 1.29 is 0 Å². The molecule has 0 aliphatic carbocycles. The second-order valence-corrected chi connectivity index (χ2v) is 6.95. The zero-order valence-electron chi connectivity index (χ0n) is 16.4. The summed E-state index contributed by atoms with van der Waals surface area (Å²) >= 11 is 0. The van der Waals surface area contributed by atoms with Crippen LogP contribution in [0.4, 0.5) is 17.5 Å². The molecule has 0 aliphatic rings. The standard InChI is InChI=1S/C21H27N5O/c1-5-7-15-8-10-22-17(12-15)24-18-13-16-9-11-26(6-2)21(27)19(16)20(25-18)23-14(3)4/h8-14H,5-7H2,1-4H3,(H2,22,23,24,25). The van der Waals surface area contributed by atoms with Crippen LogP contribution in [0.3, 0.4) is 0 Å². The number of aromatic nitrogens is 3. The van der Waals surface area contributed by atoms with Crippen LogP contribution in [0.15, 0.2) is 41.5 Å². The second-order valence-electron chi connectivity index (χ2n) is 6.95. The van der Waals surface area contributed by atoms with Crippen LogP contribution in [0, 0.1) is 0 Å². The zero-order chi connectivity index (χ0) is 19.4. The van der Waals surface area contributed by atoms with Crippen LogP contribution in [0.5, 0.6) is 0 Å². The molecular weight excluding hydrogens is 338 g/mol. The van der Waals surface area contributed by atoms with Crippen molar-refractivity contribution in [2.75, 3.05) is 10.6 Å². The van der Waals surface area contributed by atoms with Gasteiger partial charge in [0.25, 0.3) is 5.56 Å². The van der Waals surface area contributed by atoms with E-state index in [2.05, 4.69) is 27.5 Å². The summed E-state index contributed by atoms with van der Waals surface area (Å²) in [7, 11) is 0. The average molecular weight is 365 g/mol. The first kappa shape index (κ1) is 18.9. The van der Waals surface area contributed by atoms with Crippen LogP contribution in [0.1, 0.15) is 39.7 Å². The molecule has 0 unspecified atom stereocenters. The average Bonchev–Trinajstić information content (AvgIpc) is 2.62. The number of nitrogens with zero attached hydrogens (tertiary/aromatic N) is 3. The van der Waals surface area contributed by atoms with Gasteiger partial charge >= 0.3 is 0 Å². The first-order valence-electron chi connectivity index (χ1n) is 9.54. The molecule has 0 saturated heterocycles. The molecule has 0 aromatic carbocycles. The van der Waals surface area contributed by atoms with Gasteiger partial charge in [-0.3, -0.25) is 4.79 Å². The molecule has 0 spiro atoms. The second kappa shape index (κ2) is 8.20. The number of hydrogen-bond donors (Lipinski definition) is 2. The molecule has 0 amide bonds. The van der Waals surface area contributed by atoms with Gasteiger partial charge in [-0.25, -0.2) is 9.97 Å². The van der Waals surface area contributed by atoms with Crippen LogP contribution in [-0.2, 0) is 13.0 Å². The highest BCUT2D eigenvalue weighted by molar-refractivity contribution is 5.93. The van der Waals surface area contributed by atoms with Crippen LogP contribution in [0.25, 0.3) is 10.8 Å². The fraction of sp³-hybridized carbons (Fsp3) is 0.381. The number of nitrogens with one attached hydrogen (secondary N) is 2. The van der Waals surface area contributed by atoms with E-state index < -0.39 is 0 Å². The first-order valence-corrected chi connectivity index (χ1v) is 9.54. The molecule has 3 rings (SSSR count). The number of rotatable bonds is 7. The zero-order valence-corrected chi connectivity index (χ0v) is 16.4. The fourth-order valence-electron chi connectivity index (χ4n) is 3.11. The summed E-state index contributed by atoms with van der Waals surface area (Å²) in [5.74, 6) is 2.02. The molecule has 6 heteroatoms. The number of anilines is 3. The Bertz CT molecular complexity index is 994. The molecule has 3 aromatic rings. The van der Waals surface area contributed by atoms with Crippen molar-refractivity contribution in [3.05, 3.63) is 52.6 Å². The molecule has 0 fully saturated rings. The van der Waals surface area contributed by atoms with Crippen molar-refractivity contribution in [3.8, 4) is 0 Å². The summed E-state index contributed by atoms with van der Waals surface area (Å²) in [6.45, 7) is 8.81. The number of hydrogen-bond acceptors (Lipinski definition) is 5. The third-order valence-electron chi connectivity index (χ3n) is 4.34. The predicted octanol–water partition coefficient (Wildman–Crippen LogP) is 4.33. The molecule has 3 aromatic heterocycles. The van der Waals surface area contributed by atoms with Crippen molar-refractivity contribution >= 4 is 28.2 Å². The van der Waals surface area contributed by atoms with Gasteiger partial charge in [0, 0.05) is 25.0 Å². The SMILES string of the molecule is CCCc1ccnc(Nc2cc3ccn(CC)c(=O)c3c(NC(C)C)n2)c1. The Balaban J connectivity index is 2.06. The van der Waals surface area contributed by atoms with E-state index in [0.717, 1.165) is 24.0 Å². The van der Waals surface area contributed by atoms with Gasteiger partial charge in [0.05, 0.1) is 5.39 Å². The van der Waals surface area contributed by atoms with E-state index in [1.54, 1.807) is 4.57 Å². The van der Waals surface area contributed by atoms with E-state index in [-0.39, 0.29) is 11.6 Å². The minimum absolute atomic E-state index is 0.0275. The fourth-order valence-corrected chi connectivity index (χ4v) is 3.11. The first-order chi connectivity index (χ1) is 13.0. The van der Waals surface area contributed by atoms with Gasteiger partial charge in [-0.05, 0) is 62.4 Å². The summed E-state index contributed by atoms with van der Waals surface area (Å²) < 4.78 is 1.69. The Morgan fingerprint density at radius 3 is 2.67 bits per heavy atom. The predicted molar refractivity (Wildman–Crippen MR) is 112 cm³/mol. The number of aryl methyl sites for hydroxylation is 2. The summed E-state index contributed by atoms with van der Waals surface area (Å²) in [4.78, 5) is 21.9. The van der Waals surface area contributed by atoms with E-state index in [1.807, 2.05) is 57.4 Å². The summed E-state index contributed by atoms with van der Waals surface area (Å²) in [5.41, 5.74) is 1.21. The lowest BCUT2D eigenvalue weighted by Crippen LogP contribution is -2.21. The van der Waals surface area contributed by atoms with Gasteiger partial charge in [0.15, 0.2) is 0 Å². The number of fused-ring (bicyclic) bond motifs is 1. The normalized spacial score (nSPS) is 11.1. The highest BCUT2D eigenvalue weighted by Gasteiger charge is 2.13. The summed E-state index contributed by atoms with van der Waals surface area (Å²) in [6, 6.07) is 8.09. The highest BCUT2D eigenvalue weighted by Crippen LogP contribution is 2.24. The van der Waals surface area contributed by atoms with E-state index in [9.17, 15) is 4.79 Å². The van der Waals surface area contributed by atoms with Gasteiger partial charge < -0.3 is 15.2 Å². The maximum atomic E-state index is 12.8. The molecule has 0 bridgehead atoms. The van der Waals surface area contributed by atoms with E-state index in [1.165, 1.54) is 5.56 Å². The minimum atomic E-state index is -0.0275. The lowest BCUT2D eigenvalue weighted by molar-refractivity contribution is 0.734. The van der Waals surface area contributed by atoms with E-state index in [0.29, 0.717) is 23.6 Å². The Labute approximate surface area is 159 Å². The third-order valence-corrected chi connectivity index (χ3v) is 4.34. The topological polar surface area (TPSA) is 71.8 Å². The van der Waals surface area contributed by atoms with Crippen molar-refractivity contribution in [3.63, 3.8) is 0 Å². The van der Waals surface area contributed by atoms with Crippen molar-refractivity contribution in [2.45, 2.75) is 53.1 Å².